The van der Waals surface area contributed by atoms with Crippen molar-refractivity contribution in [2.45, 2.75) is 13.0 Å². The highest BCUT2D eigenvalue weighted by atomic mass is 79.9. The molecule has 0 spiro atoms. The van der Waals surface area contributed by atoms with Crippen molar-refractivity contribution in [3.63, 3.8) is 0 Å². The number of halogens is 2. The Balaban J connectivity index is 2.21. The third kappa shape index (κ3) is 3.72. The van der Waals surface area contributed by atoms with Crippen LogP contribution in [0.3, 0.4) is 0 Å². The largest absolute Gasteiger partial charge is 0.394 e. The molecule has 4 heteroatoms. The maximum atomic E-state index is 9.56. The molecule has 0 heterocycles. The van der Waals surface area contributed by atoms with E-state index in [9.17, 15) is 5.11 Å². The van der Waals surface area contributed by atoms with Crippen LogP contribution in [0.15, 0.2) is 46.9 Å². The second-order valence-corrected chi connectivity index (χ2v) is 5.68. The molecule has 1 unspecified atom stereocenters. The van der Waals surface area contributed by atoms with Crippen LogP contribution in [0.4, 0.5) is 5.69 Å². The lowest BCUT2D eigenvalue weighted by atomic mass is 10.0. The predicted octanol–water partition coefficient (Wildman–Crippen LogP) is 4.56. The van der Waals surface area contributed by atoms with Crippen molar-refractivity contribution < 1.29 is 5.11 Å². The second-order valence-electron chi connectivity index (χ2n) is 4.42. The SMILES string of the molecule is Cc1cccc(C(CO)Nc2ccc(Cl)c(Br)c2)c1. The molecule has 19 heavy (non-hydrogen) atoms. The average molecular weight is 341 g/mol. The third-order valence-corrected chi connectivity index (χ3v) is 4.10. The highest BCUT2D eigenvalue weighted by Crippen LogP contribution is 2.28. The Morgan fingerprint density at radius 1 is 1.26 bits per heavy atom. The molecule has 2 nitrogen and oxygen atoms in total. The quantitative estimate of drug-likeness (QED) is 0.855. The lowest BCUT2D eigenvalue weighted by molar-refractivity contribution is 0.276. The van der Waals surface area contributed by atoms with Gasteiger partial charge in [-0.3, -0.25) is 0 Å². The van der Waals surface area contributed by atoms with Crippen LogP contribution in [-0.4, -0.2) is 11.7 Å². The van der Waals surface area contributed by atoms with E-state index in [-0.39, 0.29) is 12.6 Å². The van der Waals surface area contributed by atoms with E-state index in [1.807, 2.05) is 43.3 Å². The number of nitrogens with one attached hydrogen (secondary N) is 1. The Bertz CT molecular complexity index is 574. The van der Waals surface area contributed by atoms with E-state index in [4.69, 9.17) is 11.6 Å². The molecule has 0 aliphatic carbocycles. The summed E-state index contributed by atoms with van der Waals surface area (Å²) in [5.74, 6) is 0. The number of benzene rings is 2. The molecule has 0 amide bonds. The van der Waals surface area contributed by atoms with E-state index in [0.29, 0.717) is 5.02 Å². The van der Waals surface area contributed by atoms with E-state index in [1.54, 1.807) is 0 Å². The molecule has 0 bridgehead atoms. The van der Waals surface area contributed by atoms with Gasteiger partial charge in [0.2, 0.25) is 0 Å². The molecule has 2 N–H and O–H groups in total. The number of aliphatic hydroxyl groups excluding tert-OH is 1. The zero-order chi connectivity index (χ0) is 13.8. The second kappa shape index (κ2) is 6.42. The molecule has 0 saturated heterocycles. The van der Waals surface area contributed by atoms with Crippen molar-refractivity contribution in [1.82, 2.24) is 0 Å². The zero-order valence-corrected chi connectivity index (χ0v) is 12.9. The highest BCUT2D eigenvalue weighted by Gasteiger charge is 2.10. The topological polar surface area (TPSA) is 32.3 Å². The maximum Gasteiger partial charge on any atom is 0.0745 e. The Morgan fingerprint density at radius 2 is 2.05 bits per heavy atom. The van der Waals surface area contributed by atoms with Gasteiger partial charge in [-0.15, -0.1) is 0 Å². The molecular formula is C15H15BrClNO. The summed E-state index contributed by atoms with van der Waals surface area (Å²) in [6, 6.07) is 13.6. The van der Waals surface area contributed by atoms with Gasteiger partial charge in [-0.25, -0.2) is 0 Å². The first kappa shape index (κ1) is 14.4. The maximum absolute atomic E-state index is 9.56. The van der Waals surface area contributed by atoms with E-state index in [1.165, 1.54) is 5.56 Å². The van der Waals surface area contributed by atoms with Crippen molar-refractivity contribution in [1.29, 1.82) is 0 Å². The molecule has 0 radical (unpaired) electrons. The fourth-order valence-corrected chi connectivity index (χ4v) is 2.40. The van der Waals surface area contributed by atoms with E-state index < -0.39 is 0 Å². The van der Waals surface area contributed by atoms with Crippen molar-refractivity contribution in [3.8, 4) is 0 Å². The van der Waals surface area contributed by atoms with Gasteiger partial charge >= 0.3 is 0 Å². The molecule has 0 aromatic heterocycles. The van der Waals surface area contributed by atoms with Crippen molar-refractivity contribution in [3.05, 3.63) is 63.1 Å². The van der Waals surface area contributed by atoms with Gasteiger partial charge in [0.05, 0.1) is 17.7 Å². The zero-order valence-electron chi connectivity index (χ0n) is 10.5. The summed E-state index contributed by atoms with van der Waals surface area (Å²) < 4.78 is 0.833. The van der Waals surface area contributed by atoms with E-state index in [0.717, 1.165) is 15.7 Å². The smallest absolute Gasteiger partial charge is 0.0745 e. The van der Waals surface area contributed by atoms with Crippen LogP contribution in [0.5, 0.6) is 0 Å². The molecule has 0 aliphatic rings. The molecule has 0 fully saturated rings. The molecule has 2 aromatic carbocycles. The van der Waals surface area contributed by atoms with Gasteiger partial charge in [0.15, 0.2) is 0 Å². The van der Waals surface area contributed by atoms with Crippen LogP contribution in [0.25, 0.3) is 0 Å². The van der Waals surface area contributed by atoms with Crippen LogP contribution in [0, 0.1) is 6.92 Å². The normalized spacial score (nSPS) is 12.2. The minimum Gasteiger partial charge on any atom is -0.394 e. The predicted molar refractivity (Wildman–Crippen MR) is 83.8 cm³/mol. The number of aryl methyl sites for hydroxylation is 1. The summed E-state index contributed by atoms with van der Waals surface area (Å²) in [5.41, 5.74) is 3.15. The fraction of sp³-hybridized carbons (Fsp3) is 0.200. The summed E-state index contributed by atoms with van der Waals surface area (Å²) in [6.45, 7) is 2.07. The van der Waals surface area contributed by atoms with Crippen molar-refractivity contribution in [2.24, 2.45) is 0 Å². The monoisotopic (exact) mass is 339 g/mol. The van der Waals surface area contributed by atoms with Crippen LogP contribution >= 0.6 is 27.5 Å². The number of anilines is 1. The van der Waals surface area contributed by atoms with Gasteiger partial charge < -0.3 is 10.4 Å². The number of hydrogen-bond acceptors (Lipinski definition) is 2. The molecule has 2 rings (SSSR count). The van der Waals surface area contributed by atoms with Crippen molar-refractivity contribution in [2.75, 3.05) is 11.9 Å². The third-order valence-electron chi connectivity index (χ3n) is 2.89. The van der Waals surface area contributed by atoms with E-state index >= 15 is 0 Å². The number of hydrogen-bond donors (Lipinski definition) is 2. The summed E-state index contributed by atoms with van der Waals surface area (Å²) in [6.07, 6.45) is 0. The number of aliphatic hydroxyl groups is 1. The Morgan fingerprint density at radius 3 is 2.68 bits per heavy atom. The highest BCUT2D eigenvalue weighted by molar-refractivity contribution is 9.10. The van der Waals surface area contributed by atoms with Crippen LogP contribution in [0.1, 0.15) is 17.2 Å². The standard InChI is InChI=1S/C15H15BrClNO/c1-10-3-2-4-11(7-10)15(9-19)18-12-5-6-14(17)13(16)8-12/h2-8,15,18-19H,9H2,1H3. The average Bonchev–Trinajstić information content (AvgIpc) is 2.40. The van der Waals surface area contributed by atoms with Gasteiger partial charge in [0, 0.05) is 10.2 Å². The number of rotatable bonds is 4. The van der Waals surface area contributed by atoms with Crippen LogP contribution < -0.4 is 5.32 Å². The first-order chi connectivity index (χ1) is 9.10. The van der Waals surface area contributed by atoms with Gasteiger partial charge in [-0.1, -0.05) is 41.4 Å². The Labute approximate surface area is 126 Å². The lowest BCUT2D eigenvalue weighted by Gasteiger charge is -2.19. The fourth-order valence-electron chi connectivity index (χ4n) is 1.91. The molecule has 2 aromatic rings. The molecule has 100 valence electrons. The van der Waals surface area contributed by atoms with Crippen molar-refractivity contribution >= 4 is 33.2 Å². The van der Waals surface area contributed by atoms with Gasteiger partial charge in [0.1, 0.15) is 0 Å². The Kier molecular flexibility index (Phi) is 4.86. The summed E-state index contributed by atoms with van der Waals surface area (Å²) in [4.78, 5) is 0. The minimum atomic E-state index is -0.132. The first-order valence-corrected chi connectivity index (χ1v) is 7.16. The van der Waals surface area contributed by atoms with Crippen LogP contribution in [0.2, 0.25) is 5.02 Å². The molecule has 0 saturated carbocycles. The lowest BCUT2D eigenvalue weighted by Crippen LogP contribution is -2.14. The first-order valence-electron chi connectivity index (χ1n) is 5.99. The summed E-state index contributed by atoms with van der Waals surface area (Å²) in [5, 5.41) is 13.5. The van der Waals surface area contributed by atoms with Gasteiger partial charge in [-0.2, -0.15) is 0 Å². The summed E-state index contributed by atoms with van der Waals surface area (Å²) in [7, 11) is 0. The molecule has 1 atom stereocenters. The van der Waals surface area contributed by atoms with E-state index in [2.05, 4.69) is 27.3 Å². The molecule has 0 aliphatic heterocycles. The van der Waals surface area contributed by atoms with Crippen LogP contribution in [-0.2, 0) is 0 Å². The summed E-state index contributed by atoms with van der Waals surface area (Å²) >= 11 is 9.36. The minimum absolute atomic E-state index is 0.0314. The molecular weight excluding hydrogens is 326 g/mol. The van der Waals surface area contributed by atoms with Gasteiger partial charge in [0.25, 0.3) is 0 Å². The Hall–Kier alpha value is -1.03. The van der Waals surface area contributed by atoms with Gasteiger partial charge in [-0.05, 0) is 46.6 Å².